The highest BCUT2D eigenvalue weighted by Crippen LogP contribution is 2.52. The van der Waals surface area contributed by atoms with E-state index in [1.165, 1.54) is 104 Å². The second-order valence-corrected chi connectivity index (χ2v) is 18.0. The Hall–Kier alpha value is -8.20. The summed E-state index contributed by atoms with van der Waals surface area (Å²) in [7, 11) is 0. The monoisotopic (exact) mass is 842 g/mol. The van der Waals surface area contributed by atoms with Crippen LogP contribution in [0.4, 0.5) is 28.4 Å². The maximum absolute atomic E-state index is 2.60. The Kier molecular flexibility index (Phi) is 9.16. The molecule has 0 aliphatic heterocycles. The molecule has 11 aromatic carbocycles. The van der Waals surface area contributed by atoms with Gasteiger partial charge in [0.15, 0.2) is 0 Å². The van der Waals surface area contributed by atoms with Crippen LogP contribution < -0.4 is 9.80 Å². The van der Waals surface area contributed by atoms with Crippen LogP contribution >= 0.6 is 0 Å². The van der Waals surface area contributed by atoms with Crippen LogP contribution in [0, 0.1) is 0 Å². The van der Waals surface area contributed by atoms with E-state index in [1.54, 1.807) is 0 Å². The van der Waals surface area contributed by atoms with Gasteiger partial charge in [-0.25, -0.2) is 0 Å². The fraction of sp³-hybridized carbons (Fsp3) is 0.0625. The summed E-state index contributed by atoms with van der Waals surface area (Å²) in [6, 6.07) is 79.4. The van der Waals surface area contributed by atoms with E-state index in [-0.39, 0.29) is 0 Å². The Labute approximate surface area is 385 Å². The van der Waals surface area contributed by atoms with Gasteiger partial charge in [0.05, 0.1) is 11.4 Å². The van der Waals surface area contributed by atoms with Crippen LogP contribution in [-0.2, 0) is 12.8 Å². The molecule has 11 aromatic rings. The molecule has 2 heteroatoms. The molecule has 13 rings (SSSR count). The van der Waals surface area contributed by atoms with E-state index in [0.717, 1.165) is 42.7 Å². The molecule has 0 atom stereocenters. The quantitative estimate of drug-likeness (QED) is 0.116. The van der Waals surface area contributed by atoms with E-state index in [1.807, 2.05) is 0 Å². The fourth-order valence-corrected chi connectivity index (χ4v) is 10.8. The minimum atomic E-state index is 0.914. The Morgan fingerprint density at radius 1 is 0.318 bits per heavy atom. The van der Waals surface area contributed by atoms with Crippen molar-refractivity contribution < 1.29 is 0 Å². The van der Waals surface area contributed by atoms with Crippen LogP contribution in [0.1, 0.15) is 35.1 Å². The Balaban J connectivity index is 1.16. The molecule has 2 aliphatic carbocycles. The summed E-state index contributed by atoms with van der Waals surface area (Å²) in [4.78, 5) is 5.14. The molecule has 0 spiro atoms. The zero-order valence-corrected chi connectivity index (χ0v) is 36.7. The van der Waals surface area contributed by atoms with E-state index >= 15 is 0 Å². The van der Waals surface area contributed by atoms with Crippen molar-refractivity contribution in [2.45, 2.75) is 25.7 Å². The van der Waals surface area contributed by atoms with Gasteiger partial charge in [-0.3, -0.25) is 0 Å². The number of rotatable bonds is 7. The van der Waals surface area contributed by atoms with Crippen molar-refractivity contribution in [2.75, 3.05) is 9.80 Å². The molecule has 2 nitrogen and oxygen atoms in total. The predicted molar refractivity (Wildman–Crippen MR) is 283 cm³/mol. The SMILES string of the molecule is C1=Cc2cc(N(c3ccc4ccccc4c3)c3c4ccccc4c(N(C4=Cc5ccccc5CC4)c4ccc5ccccc5c4)c4cc(-c5ccc6ccccc6c5)ccc34)ccc2CC1. The fourth-order valence-electron chi connectivity index (χ4n) is 10.8. The number of benzene rings is 11. The summed E-state index contributed by atoms with van der Waals surface area (Å²) in [5, 5.41) is 12.2. The lowest BCUT2D eigenvalue weighted by molar-refractivity contribution is 0.896. The zero-order valence-electron chi connectivity index (χ0n) is 36.7. The third kappa shape index (κ3) is 6.56. The van der Waals surface area contributed by atoms with Gasteiger partial charge >= 0.3 is 0 Å². The van der Waals surface area contributed by atoms with E-state index in [4.69, 9.17) is 0 Å². The molecule has 66 heavy (non-hydrogen) atoms. The Morgan fingerprint density at radius 3 is 1.56 bits per heavy atom. The summed E-state index contributed by atoms with van der Waals surface area (Å²) in [6.45, 7) is 0. The summed E-state index contributed by atoms with van der Waals surface area (Å²) in [6.07, 6.45) is 11.1. The molecule has 0 amide bonds. The summed E-state index contributed by atoms with van der Waals surface area (Å²) >= 11 is 0. The molecular formula is C64H46N2. The highest BCUT2D eigenvalue weighted by atomic mass is 15.2. The average Bonchev–Trinajstić information content (AvgIpc) is 3.39. The molecule has 0 heterocycles. The first kappa shape index (κ1) is 38.3. The molecule has 2 aliphatic rings. The van der Waals surface area contributed by atoms with Crippen molar-refractivity contribution >= 4 is 94.5 Å². The molecule has 0 fully saturated rings. The van der Waals surface area contributed by atoms with Crippen molar-refractivity contribution in [2.24, 2.45) is 0 Å². The topological polar surface area (TPSA) is 6.48 Å². The summed E-state index contributed by atoms with van der Waals surface area (Å²) in [5.41, 5.74) is 14.8. The number of hydrogen-bond acceptors (Lipinski definition) is 2. The molecular weight excluding hydrogens is 797 g/mol. The predicted octanol–water partition coefficient (Wildman–Crippen LogP) is 17.7. The van der Waals surface area contributed by atoms with Gasteiger partial charge in [-0.15, -0.1) is 0 Å². The van der Waals surface area contributed by atoms with Crippen LogP contribution in [0.15, 0.2) is 224 Å². The van der Waals surface area contributed by atoms with Gasteiger partial charge < -0.3 is 9.80 Å². The molecule has 0 saturated carbocycles. The second kappa shape index (κ2) is 15.8. The smallest absolute Gasteiger partial charge is 0.0620 e. The van der Waals surface area contributed by atoms with Crippen LogP contribution in [0.5, 0.6) is 0 Å². The minimum absolute atomic E-state index is 0.914. The Morgan fingerprint density at radius 2 is 0.833 bits per heavy atom. The highest BCUT2D eigenvalue weighted by molar-refractivity contribution is 6.24. The van der Waals surface area contributed by atoms with E-state index < -0.39 is 0 Å². The highest BCUT2D eigenvalue weighted by Gasteiger charge is 2.28. The molecule has 0 saturated heterocycles. The molecule has 0 radical (unpaired) electrons. The average molecular weight is 843 g/mol. The first-order chi connectivity index (χ1) is 32.7. The van der Waals surface area contributed by atoms with Gasteiger partial charge in [0, 0.05) is 44.3 Å². The molecule has 0 N–H and O–H groups in total. The van der Waals surface area contributed by atoms with Crippen molar-refractivity contribution in [3.63, 3.8) is 0 Å². The summed E-state index contributed by atoms with van der Waals surface area (Å²) < 4.78 is 0. The number of fused-ring (bicyclic) bond motifs is 7. The maximum Gasteiger partial charge on any atom is 0.0620 e. The van der Waals surface area contributed by atoms with Gasteiger partial charge in [0.2, 0.25) is 0 Å². The third-order valence-corrected chi connectivity index (χ3v) is 14.1. The number of anilines is 5. The largest absolute Gasteiger partial charge is 0.313 e. The van der Waals surface area contributed by atoms with Gasteiger partial charge in [-0.1, -0.05) is 176 Å². The first-order valence-corrected chi connectivity index (χ1v) is 23.3. The van der Waals surface area contributed by atoms with E-state index in [2.05, 4.69) is 240 Å². The van der Waals surface area contributed by atoms with Gasteiger partial charge in [-0.2, -0.15) is 0 Å². The third-order valence-electron chi connectivity index (χ3n) is 14.1. The van der Waals surface area contributed by atoms with Crippen LogP contribution in [-0.4, -0.2) is 0 Å². The Bertz CT molecular complexity index is 3800. The summed E-state index contributed by atoms with van der Waals surface area (Å²) in [5.74, 6) is 0. The zero-order chi connectivity index (χ0) is 43.6. The van der Waals surface area contributed by atoms with E-state index in [9.17, 15) is 0 Å². The van der Waals surface area contributed by atoms with Crippen LogP contribution in [0.2, 0.25) is 0 Å². The number of allylic oxidation sites excluding steroid dienone is 2. The molecule has 0 bridgehead atoms. The first-order valence-electron chi connectivity index (χ1n) is 23.3. The van der Waals surface area contributed by atoms with E-state index in [0.29, 0.717) is 0 Å². The van der Waals surface area contributed by atoms with Gasteiger partial charge in [-0.05, 0) is 146 Å². The van der Waals surface area contributed by atoms with Gasteiger partial charge in [0.25, 0.3) is 0 Å². The van der Waals surface area contributed by atoms with Gasteiger partial charge in [0.1, 0.15) is 0 Å². The van der Waals surface area contributed by atoms with Crippen molar-refractivity contribution in [1.29, 1.82) is 0 Å². The normalized spacial score (nSPS) is 13.2. The molecule has 312 valence electrons. The van der Waals surface area contributed by atoms with Crippen LogP contribution in [0.25, 0.3) is 77.1 Å². The number of nitrogens with zero attached hydrogens (tertiary/aromatic N) is 2. The lowest BCUT2D eigenvalue weighted by Crippen LogP contribution is -2.20. The van der Waals surface area contributed by atoms with Crippen LogP contribution in [0.3, 0.4) is 0 Å². The lowest BCUT2D eigenvalue weighted by atomic mass is 9.90. The standard InChI is InChI=1S/C64H46N2/c1-6-18-48-37-53(26-25-43(48)13-1)54-31-36-61-62(42-54)64(66(57-34-29-46-16-4-9-21-51(46)40-57)58-35-30-47-17-5-10-22-52(47)41-58)60-24-12-11-23-59(60)63(61)65(55-32-27-44-14-2-7-19-49(44)38-55)56-33-28-45-15-3-8-20-50(45)39-56/h1-2,4-14,16-29,31-34,36-42H,3,15,30,35H2. The minimum Gasteiger partial charge on any atom is -0.313 e. The van der Waals surface area contributed by atoms with Crippen molar-refractivity contribution in [3.05, 3.63) is 246 Å². The lowest BCUT2D eigenvalue weighted by Gasteiger charge is -2.35. The van der Waals surface area contributed by atoms with Crippen molar-refractivity contribution in [1.82, 2.24) is 0 Å². The second-order valence-electron chi connectivity index (χ2n) is 18.0. The number of hydrogen-bond donors (Lipinski definition) is 0. The number of aryl methyl sites for hydroxylation is 2. The maximum atomic E-state index is 2.60. The van der Waals surface area contributed by atoms with Crippen molar-refractivity contribution in [3.8, 4) is 11.1 Å². The molecule has 0 unspecified atom stereocenters. The molecule has 0 aromatic heterocycles.